The summed E-state index contributed by atoms with van der Waals surface area (Å²) in [7, 11) is 1.59. The van der Waals surface area contributed by atoms with E-state index in [1.54, 1.807) is 25.3 Å². The minimum atomic E-state index is -0.0211. The zero-order valence-electron chi connectivity index (χ0n) is 9.17. The van der Waals surface area contributed by atoms with Gasteiger partial charge in [0.05, 0.1) is 19.2 Å². The van der Waals surface area contributed by atoms with Gasteiger partial charge in [-0.15, -0.1) is 11.3 Å². The van der Waals surface area contributed by atoms with E-state index in [0.717, 1.165) is 12.0 Å². The maximum absolute atomic E-state index is 12.3. The number of ketones is 1. The van der Waals surface area contributed by atoms with Crippen LogP contribution in [0, 0.1) is 0 Å². The van der Waals surface area contributed by atoms with Gasteiger partial charge in [-0.25, -0.2) is 0 Å². The summed E-state index contributed by atoms with van der Waals surface area (Å²) in [5, 5.41) is 0. The molecular weight excluding hydrogens is 448 g/mol. The standard InChI is InChI=1S/C12H7Br3O2S/c1-17-9-3-2-6(4-8(9)13)11(16)7-5-10(14)18-12(7)15/h2-5H,1H3. The van der Waals surface area contributed by atoms with Crippen molar-refractivity contribution in [2.75, 3.05) is 7.11 Å². The smallest absolute Gasteiger partial charge is 0.195 e. The van der Waals surface area contributed by atoms with Crippen LogP contribution < -0.4 is 4.74 Å². The summed E-state index contributed by atoms with van der Waals surface area (Å²) in [5.74, 6) is 0.685. The van der Waals surface area contributed by atoms with Crippen LogP contribution in [0.2, 0.25) is 0 Å². The second kappa shape index (κ2) is 5.86. The number of methoxy groups -OCH3 is 1. The fraction of sp³-hybridized carbons (Fsp3) is 0.0833. The Kier molecular flexibility index (Phi) is 4.64. The van der Waals surface area contributed by atoms with Crippen LogP contribution in [0.25, 0.3) is 0 Å². The first-order chi connectivity index (χ1) is 8.52. The first kappa shape index (κ1) is 14.2. The minimum Gasteiger partial charge on any atom is -0.496 e. The van der Waals surface area contributed by atoms with E-state index in [2.05, 4.69) is 47.8 Å². The van der Waals surface area contributed by atoms with Gasteiger partial charge >= 0.3 is 0 Å². The molecule has 0 unspecified atom stereocenters. The van der Waals surface area contributed by atoms with Crippen LogP contribution in [0.1, 0.15) is 15.9 Å². The second-order valence-electron chi connectivity index (χ2n) is 3.42. The molecule has 0 saturated carbocycles. The molecule has 6 heteroatoms. The molecule has 0 atom stereocenters. The molecule has 94 valence electrons. The van der Waals surface area contributed by atoms with E-state index in [0.29, 0.717) is 16.9 Å². The number of ether oxygens (including phenoxy) is 1. The zero-order chi connectivity index (χ0) is 13.3. The molecule has 0 amide bonds. The predicted molar refractivity (Wildman–Crippen MR) is 83.8 cm³/mol. The Balaban J connectivity index is 2.40. The topological polar surface area (TPSA) is 26.3 Å². The molecule has 1 aromatic heterocycles. The molecule has 2 nitrogen and oxygen atoms in total. The van der Waals surface area contributed by atoms with Crippen molar-refractivity contribution in [3.63, 3.8) is 0 Å². The third-order valence-electron chi connectivity index (χ3n) is 2.32. The van der Waals surface area contributed by atoms with Gasteiger partial charge in [-0.3, -0.25) is 4.79 Å². The van der Waals surface area contributed by atoms with Crippen molar-refractivity contribution >= 4 is 64.9 Å². The van der Waals surface area contributed by atoms with Gasteiger partial charge in [0.15, 0.2) is 5.78 Å². The molecule has 18 heavy (non-hydrogen) atoms. The van der Waals surface area contributed by atoms with Crippen molar-refractivity contribution < 1.29 is 9.53 Å². The molecule has 0 aliphatic rings. The van der Waals surface area contributed by atoms with Crippen LogP contribution in [0.3, 0.4) is 0 Å². The molecule has 0 saturated heterocycles. The van der Waals surface area contributed by atoms with Gasteiger partial charge in [-0.1, -0.05) is 0 Å². The van der Waals surface area contributed by atoms with Crippen LogP contribution in [-0.4, -0.2) is 12.9 Å². The number of hydrogen-bond donors (Lipinski definition) is 0. The highest BCUT2D eigenvalue weighted by molar-refractivity contribution is 9.12. The van der Waals surface area contributed by atoms with E-state index in [1.807, 2.05) is 6.07 Å². The quantitative estimate of drug-likeness (QED) is 0.590. The molecule has 0 aliphatic carbocycles. The first-order valence-electron chi connectivity index (χ1n) is 4.86. The maximum Gasteiger partial charge on any atom is 0.195 e. The molecule has 2 aromatic rings. The van der Waals surface area contributed by atoms with Gasteiger partial charge in [0.25, 0.3) is 0 Å². The predicted octanol–water partition coefficient (Wildman–Crippen LogP) is 5.28. The van der Waals surface area contributed by atoms with Crippen LogP contribution >= 0.6 is 59.1 Å². The van der Waals surface area contributed by atoms with E-state index in [1.165, 1.54) is 11.3 Å². The second-order valence-corrected chi connectivity index (χ2v) is 8.02. The van der Waals surface area contributed by atoms with E-state index in [-0.39, 0.29) is 5.78 Å². The van der Waals surface area contributed by atoms with E-state index in [4.69, 9.17) is 4.74 Å². The maximum atomic E-state index is 12.3. The SMILES string of the molecule is COc1ccc(C(=O)c2cc(Br)sc2Br)cc1Br. The molecule has 0 spiro atoms. The molecule has 0 fully saturated rings. The summed E-state index contributed by atoms with van der Waals surface area (Å²) in [6, 6.07) is 7.10. The minimum absolute atomic E-state index is 0.0211. The van der Waals surface area contributed by atoms with Gasteiger partial charge in [0.2, 0.25) is 0 Å². The number of halogens is 3. The van der Waals surface area contributed by atoms with Gasteiger partial charge in [-0.05, 0) is 72.1 Å². The van der Waals surface area contributed by atoms with Gasteiger partial charge < -0.3 is 4.74 Å². The molecule has 0 aliphatic heterocycles. The Bertz CT molecular complexity index is 607. The lowest BCUT2D eigenvalue weighted by atomic mass is 10.1. The molecule has 0 bridgehead atoms. The normalized spacial score (nSPS) is 10.4. The lowest BCUT2D eigenvalue weighted by Gasteiger charge is -2.05. The van der Waals surface area contributed by atoms with Crippen molar-refractivity contribution in [1.82, 2.24) is 0 Å². The van der Waals surface area contributed by atoms with Crippen LogP contribution in [0.15, 0.2) is 36.3 Å². The summed E-state index contributed by atoms with van der Waals surface area (Å²) in [4.78, 5) is 12.3. The van der Waals surface area contributed by atoms with Gasteiger partial charge in [-0.2, -0.15) is 0 Å². The van der Waals surface area contributed by atoms with E-state index < -0.39 is 0 Å². The third kappa shape index (κ3) is 2.87. The number of carbonyl (C=O) groups excluding carboxylic acids is 1. The molecule has 0 radical (unpaired) electrons. The highest BCUT2D eigenvalue weighted by Crippen LogP contribution is 2.34. The molecule has 0 N–H and O–H groups in total. The van der Waals surface area contributed by atoms with Crippen LogP contribution in [-0.2, 0) is 0 Å². The van der Waals surface area contributed by atoms with Crippen molar-refractivity contribution in [3.05, 3.63) is 47.4 Å². The fourth-order valence-electron chi connectivity index (χ4n) is 1.46. The Labute approximate surface area is 134 Å². The Morgan fingerprint density at radius 3 is 2.44 bits per heavy atom. The number of thiophene rings is 1. The number of rotatable bonds is 3. The van der Waals surface area contributed by atoms with Crippen LogP contribution in [0.5, 0.6) is 5.75 Å². The average Bonchev–Trinajstić information content (AvgIpc) is 2.67. The summed E-state index contributed by atoms with van der Waals surface area (Å²) in [5.41, 5.74) is 1.28. The van der Waals surface area contributed by atoms with Crippen molar-refractivity contribution in [2.24, 2.45) is 0 Å². The Hall–Kier alpha value is -0.170. The van der Waals surface area contributed by atoms with E-state index in [9.17, 15) is 4.79 Å². The van der Waals surface area contributed by atoms with Gasteiger partial charge in [0, 0.05) is 11.1 Å². The summed E-state index contributed by atoms with van der Waals surface area (Å²) in [6.07, 6.45) is 0. The number of benzene rings is 1. The lowest BCUT2D eigenvalue weighted by Crippen LogP contribution is -2.00. The monoisotopic (exact) mass is 452 g/mol. The Morgan fingerprint density at radius 2 is 1.94 bits per heavy atom. The van der Waals surface area contributed by atoms with Crippen molar-refractivity contribution in [2.45, 2.75) is 0 Å². The summed E-state index contributed by atoms with van der Waals surface area (Å²) < 4.78 is 7.65. The highest BCUT2D eigenvalue weighted by Gasteiger charge is 2.16. The van der Waals surface area contributed by atoms with Crippen molar-refractivity contribution in [3.8, 4) is 5.75 Å². The highest BCUT2D eigenvalue weighted by atomic mass is 79.9. The van der Waals surface area contributed by atoms with Gasteiger partial charge in [0.1, 0.15) is 5.75 Å². The molecule has 2 rings (SSSR count). The molecular formula is C12H7Br3O2S. The third-order valence-corrected chi connectivity index (χ3v) is 5.27. The fourth-order valence-corrected chi connectivity index (χ4v) is 4.79. The van der Waals surface area contributed by atoms with Crippen LogP contribution in [0.4, 0.5) is 0 Å². The zero-order valence-corrected chi connectivity index (χ0v) is 14.7. The molecule has 1 heterocycles. The summed E-state index contributed by atoms with van der Waals surface area (Å²) >= 11 is 11.6. The average molecular weight is 455 g/mol. The lowest BCUT2D eigenvalue weighted by molar-refractivity contribution is 0.103. The number of hydrogen-bond acceptors (Lipinski definition) is 3. The summed E-state index contributed by atoms with van der Waals surface area (Å²) in [6.45, 7) is 0. The van der Waals surface area contributed by atoms with E-state index >= 15 is 0 Å². The Morgan fingerprint density at radius 1 is 1.22 bits per heavy atom. The molecule has 1 aromatic carbocycles. The van der Waals surface area contributed by atoms with Crippen molar-refractivity contribution in [1.29, 1.82) is 0 Å². The number of carbonyl (C=O) groups is 1. The first-order valence-corrected chi connectivity index (χ1v) is 8.05. The largest absolute Gasteiger partial charge is 0.496 e.